The summed E-state index contributed by atoms with van der Waals surface area (Å²) in [7, 11) is -3.54. The maximum Gasteiger partial charge on any atom is 0.243 e. The second-order valence-electron chi connectivity index (χ2n) is 8.25. The molecule has 0 radical (unpaired) electrons. The summed E-state index contributed by atoms with van der Waals surface area (Å²) in [6.45, 7) is 8.70. The molecule has 0 bridgehead atoms. The van der Waals surface area contributed by atoms with Gasteiger partial charge in [0.25, 0.3) is 0 Å². The number of fused-ring (bicyclic) bond motifs is 1. The topological polar surface area (TPSA) is 73.7 Å². The molecular weight excluding hydrogens is 470 g/mol. The summed E-state index contributed by atoms with van der Waals surface area (Å²) in [6.07, 6.45) is 2.25. The van der Waals surface area contributed by atoms with Crippen molar-refractivity contribution in [1.29, 1.82) is 0 Å². The van der Waals surface area contributed by atoms with Gasteiger partial charge in [0.2, 0.25) is 10.0 Å². The highest BCUT2D eigenvalue weighted by Gasteiger charge is 2.24. The fourth-order valence-electron chi connectivity index (χ4n) is 4.24. The molecule has 9 heteroatoms. The predicted molar refractivity (Wildman–Crippen MR) is 136 cm³/mol. The number of sulfonamides is 1. The van der Waals surface area contributed by atoms with Crippen molar-refractivity contribution in [2.24, 2.45) is 0 Å². The largest absolute Gasteiger partial charge is 0.494 e. The summed E-state index contributed by atoms with van der Waals surface area (Å²) >= 11 is 1.65. The number of hydrogen-bond acceptors (Lipinski definition) is 6. The Morgan fingerprint density at radius 3 is 2.56 bits per heavy atom. The molecule has 0 N–H and O–H groups in total. The Morgan fingerprint density at radius 2 is 1.91 bits per heavy atom. The van der Waals surface area contributed by atoms with Crippen molar-refractivity contribution < 1.29 is 17.9 Å². The van der Waals surface area contributed by atoms with Crippen LogP contribution in [-0.2, 0) is 27.1 Å². The van der Waals surface area contributed by atoms with E-state index in [0.717, 1.165) is 41.6 Å². The van der Waals surface area contributed by atoms with E-state index in [1.807, 2.05) is 39.0 Å². The van der Waals surface area contributed by atoms with Gasteiger partial charge in [0.15, 0.2) is 5.16 Å². The fraction of sp³-hybridized carbons (Fsp3) is 0.480. The maximum atomic E-state index is 13.0. The van der Waals surface area contributed by atoms with Gasteiger partial charge in [-0.1, -0.05) is 37.7 Å². The fourth-order valence-corrected chi connectivity index (χ4v) is 6.69. The van der Waals surface area contributed by atoms with Gasteiger partial charge < -0.3 is 14.0 Å². The van der Waals surface area contributed by atoms with Crippen molar-refractivity contribution in [2.45, 2.75) is 62.1 Å². The summed E-state index contributed by atoms with van der Waals surface area (Å²) in [5.41, 5.74) is 2.80. The summed E-state index contributed by atoms with van der Waals surface area (Å²) in [6, 6.07) is 13.4. The lowest BCUT2D eigenvalue weighted by molar-refractivity contribution is 0.0960. The number of thioether (sulfide) groups is 1. The molecule has 2 aromatic carbocycles. The minimum absolute atomic E-state index is 0.154. The average Bonchev–Trinajstić information content (AvgIpc) is 3.47. The Labute approximate surface area is 206 Å². The normalized spacial score (nSPS) is 16.5. The van der Waals surface area contributed by atoms with Crippen LogP contribution in [0.25, 0.3) is 11.0 Å². The van der Waals surface area contributed by atoms with Crippen LogP contribution >= 0.6 is 11.8 Å². The summed E-state index contributed by atoms with van der Waals surface area (Å²) in [4.78, 5) is 5.15. The minimum atomic E-state index is -3.54. The molecule has 0 amide bonds. The first kappa shape index (κ1) is 25.0. The molecule has 34 heavy (non-hydrogen) atoms. The Hall–Kier alpha value is -2.07. The average molecular weight is 504 g/mol. The zero-order valence-corrected chi connectivity index (χ0v) is 21.7. The zero-order valence-electron chi connectivity index (χ0n) is 20.1. The Bertz CT molecular complexity index is 1200. The van der Waals surface area contributed by atoms with Crippen molar-refractivity contribution in [3.8, 4) is 5.75 Å². The van der Waals surface area contributed by atoms with Crippen molar-refractivity contribution in [1.82, 2.24) is 13.9 Å². The van der Waals surface area contributed by atoms with Gasteiger partial charge >= 0.3 is 0 Å². The van der Waals surface area contributed by atoms with E-state index in [1.54, 1.807) is 23.9 Å². The number of ether oxygens (including phenoxy) is 2. The summed E-state index contributed by atoms with van der Waals surface area (Å²) < 4.78 is 41.2. The van der Waals surface area contributed by atoms with Crippen LogP contribution in [0.15, 0.2) is 52.5 Å². The van der Waals surface area contributed by atoms with Crippen molar-refractivity contribution in [3.63, 3.8) is 0 Å². The highest BCUT2D eigenvalue weighted by Crippen LogP contribution is 2.31. The number of benzene rings is 2. The summed E-state index contributed by atoms with van der Waals surface area (Å²) in [5, 5.41) is 0.872. The van der Waals surface area contributed by atoms with E-state index < -0.39 is 10.0 Å². The minimum Gasteiger partial charge on any atom is -0.494 e. The van der Waals surface area contributed by atoms with E-state index in [4.69, 9.17) is 14.5 Å². The van der Waals surface area contributed by atoms with E-state index in [9.17, 15) is 8.42 Å². The van der Waals surface area contributed by atoms with Crippen LogP contribution in [0.5, 0.6) is 5.75 Å². The lowest BCUT2D eigenvalue weighted by Gasteiger charge is -2.18. The zero-order chi connectivity index (χ0) is 24.1. The van der Waals surface area contributed by atoms with Crippen LogP contribution in [0, 0.1) is 0 Å². The molecule has 1 saturated heterocycles. The highest BCUT2D eigenvalue weighted by atomic mass is 32.2. The molecule has 1 aliphatic heterocycles. The molecule has 1 aromatic heterocycles. The molecule has 3 aromatic rings. The molecule has 0 spiro atoms. The smallest absolute Gasteiger partial charge is 0.243 e. The van der Waals surface area contributed by atoms with Gasteiger partial charge in [0, 0.05) is 25.4 Å². The first-order valence-corrected chi connectivity index (χ1v) is 14.3. The van der Waals surface area contributed by atoms with Gasteiger partial charge in [0.1, 0.15) is 5.75 Å². The Morgan fingerprint density at radius 1 is 1.15 bits per heavy atom. The Balaban J connectivity index is 1.64. The molecule has 184 valence electrons. The van der Waals surface area contributed by atoms with Gasteiger partial charge in [-0.15, -0.1) is 0 Å². The van der Waals surface area contributed by atoms with Crippen LogP contribution in [0.4, 0.5) is 0 Å². The molecular formula is C25H33N3O4S2. The number of aromatic nitrogens is 2. The molecule has 0 aliphatic carbocycles. The highest BCUT2D eigenvalue weighted by molar-refractivity contribution is 7.98. The van der Waals surface area contributed by atoms with Crippen molar-refractivity contribution in [3.05, 3.63) is 48.0 Å². The molecule has 7 nitrogen and oxygen atoms in total. The number of rotatable bonds is 11. The van der Waals surface area contributed by atoms with Crippen LogP contribution in [0.3, 0.4) is 0 Å². The number of hydrogen-bond donors (Lipinski definition) is 0. The first-order valence-electron chi connectivity index (χ1n) is 11.9. The van der Waals surface area contributed by atoms with E-state index in [1.165, 1.54) is 9.87 Å². The van der Waals surface area contributed by atoms with Gasteiger partial charge in [-0.2, -0.15) is 4.31 Å². The van der Waals surface area contributed by atoms with E-state index in [0.29, 0.717) is 31.8 Å². The lowest BCUT2D eigenvalue weighted by Crippen LogP contribution is -2.30. The monoisotopic (exact) mass is 503 g/mol. The predicted octanol–water partition coefficient (Wildman–Crippen LogP) is 4.94. The Kier molecular flexibility index (Phi) is 8.18. The van der Waals surface area contributed by atoms with Gasteiger partial charge in [-0.25, -0.2) is 13.4 Å². The molecule has 2 heterocycles. The lowest BCUT2D eigenvalue weighted by atomic mass is 10.2. The van der Waals surface area contributed by atoms with E-state index >= 15 is 0 Å². The first-order chi connectivity index (χ1) is 16.5. The molecule has 1 atom stereocenters. The molecule has 1 aliphatic rings. The SMILES string of the molecule is CCOc1ccc(CSc2nc3cc(S(=O)(=O)N(CC)CC)ccc3n2C[C@H]2CCCO2)cc1. The van der Waals surface area contributed by atoms with E-state index in [-0.39, 0.29) is 11.0 Å². The van der Waals surface area contributed by atoms with Crippen LogP contribution in [-0.4, -0.2) is 54.7 Å². The summed E-state index contributed by atoms with van der Waals surface area (Å²) in [5.74, 6) is 1.62. The molecule has 0 unspecified atom stereocenters. The van der Waals surface area contributed by atoms with E-state index in [2.05, 4.69) is 16.7 Å². The van der Waals surface area contributed by atoms with Crippen LogP contribution in [0.2, 0.25) is 0 Å². The second-order valence-corrected chi connectivity index (χ2v) is 11.1. The molecule has 0 saturated carbocycles. The maximum absolute atomic E-state index is 13.0. The standard InChI is InChI=1S/C25H33N3O4S2/c1-4-27(5-2)34(29,30)22-13-14-24-23(16-22)26-25(28(24)17-21-8-7-15-32-21)33-18-19-9-11-20(12-10-19)31-6-3/h9-14,16,21H,4-8,15,17-18H2,1-3H3/t21-/m1/s1. The quantitative estimate of drug-likeness (QED) is 0.345. The van der Waals surface area contributed by atoms with Gasteiger partial charge in [-0.05, 0) is 55.7 Å². The van der Waals surface area contributed by atoms with Crippen molar-refractivity contribution >= 4 is 32.8 Å². The number of nitrogens with zero attached hydrogens (tertiary/aromatic N) is 3. The van der Waals surface area contributed by atoms with Gasteiger partial charge in [-0.3, -0.25) is 0 Å². The third-order valence-corrected chi connectivity index (χ3v) is 9.13. The molecule has 4 rings (SSSR count). The third kappa shape index (κ3) is 5.43. The van der Waals surface area contributed by atoms with Crippen LogP contribution < -0.4 is 4.74 Å². The number of imidazole rings is 1. The second kappa shape index (κ2) is 11.1. The third-order valence-electron chi connectivity index (χ3n) is 6.04. The van der Waals surface area contributed by atoms with Crippen LogP contribution in [0.1, 0.15) is 39.2 Å². The molecule has 1 fully saturated rings. The van der Waals surface area contributed by atoms with Crippen molar-refractivity contribution in [2.75, 3.05) is 26.3 Å². The van der Waals surface area contributed by atoms with Gasteiger partial charge in [0.05, 0.1) is 35.2 Å².